The first-order chi connectivity index (χ1) is 17.2. The lowest BCUT2D eigenvalue weighted by Gasteiger charge is -2.24. The highest BCUT2D eigenvalue weighted by Gasteiger charge is 2.35. The Bertz CT molecular complexity index is 1240. The third-order valence-electron chi connectivity index (χ3n) is 6.60. The highest BCUT2D eigenvalue weighted by atomic mass is 35.5. The van der Waals surface area contributed by atoms with E-state index in [1.165, 1.54) is 10.5 Å². The molecule has 1 amide bonds. The van der Waals surface area contributed by atoms with E-state index >= 15 is 0 Å². The van der Waals surface area contributed by atoms with E-state index in [0.29, 0.717) is 19.4 Å². The molecule has 0 spiro atoms. The maximum atomic E-state index is 12.9. The highest BCUT2D eigenvalue weighted by Crippen LogP contribution is 2.37. The number of hydrogen-bond donors (Lipinski definition) is 1. The van der Waals surface area contributed by atoms with Crippen molar-refractivity contribution in [2.24, 2.45) is 0 Å². The average molecular weight is 506 g/mol. The SMILES string of the molecule is Cc1cccc(CCN(CC(=O)O)C(=O)CCc2ccc3c(c2)C[C@](C)(Cc2ccc(Cl)cc2)O3)c1. The van der Waals surface area contributed by atoms with Crippen LogP contribution in [0.3, 0.4) is 0 Å². The molecule has 36 heavy (non-hydrogen) atoms. The summed E-state index contributed by atoms with van der Waals surface area (Å²) in [5.41, 5.74) is 5.27. The lowest BCUT2D eigenvalue weighted by molar-refractivity contribution is -0.144. The molecule has 1 N–H and O–H groups in total. The Kier molecular flexibility index (Phi) is 8.00. The average Bonchev–Trinajstić information content (AvgIpc) is 3.16. The van der Waals surface area contributed by atoms with Gasteiger partial charge < -0.3 is 14.7 Å². The molecular weight excluding hydrogens is 474 g/mol. The predicted octanol–water partition coefficient (Wildman–Crippen LogP) is 5.67. The number of carbonyl (C=O) groups is 2. The van der Waals surface area contributed by atoms with E-state index in [1.54, 1.807) is 0 Å². The molecule has 1 aliphatic rings. The van der Waals surface area contributed by atoms with Gasteiger partial charge in [0.1, 0.15) is 17.9 Å². The van der Waals surface area contributed by atoms with Gasteiger partial charge >= 0.3 is 5.97 Å². The van der Waals surface area contributed by atoms with Crippen molar-refractivity contribution in [1.29, 1.82) is 0 Å². The van der Waals surface area contributed by atoms with Crippen LogP contribution in [0, 0.1) is 6.92 Å². The number of halogens is 1. The Balaban J connectivity index is 1.35. The summed E-state index contributed by atoms with van der Waals surface area (Å²) in [6.45, 7) is 4.23. The van der Waals surface area contributed by atoms with Crippen molar-refractivity contribution >= 4 is 23.5 Å². The summed E-state index contributed by atoms with van der Waals surface area (Å²) in [4.78, 5) is 25.8. The number of carboxylic acid groups (broad SMARTS) is 1. The smallest absolute Gasteiger partial charge is 0.323 e. The Labute approximate surface area is 217 Å². The summed E-state index contributed by atoms with van der Waals surface area (Å²) >= 11 is 6.01. The van der Waals surface area contributed by atoms with Crippen LogP contribution in [0.25, 0.3) is 0 Å². The minimum atomic E-state index is -0.998. The number of rotatable bonds is 10. The number of carbonyl (C=O) groups excluding carboxylic acids is 1. The second-order valence-corrected chi connectivity index (χ2v) is 10.4. The van der Waals surface area contributed by atoms with Gasteiger partial charge in [-0.1, -0.05) is 65.7 Å². The van der Waals surface area contributed by atoms with E-state index in [4.69, 9.17) is 16.3 Å². The minimum Gasteiger partial charge on any atom is -0.487 e. The number of hydrogen-bond acceptors (Lipinski definition) is 3. The first kappa shape index (κ1) is 25.8. The quantitative estimate of drug-likeness (QED) is 0.385. The number of aliphatic carboxylic acids is 1. The fourth-order valence-corrected chi connectivity index (χ4v) is 4.99. The zero-order chi connectivity index (χ0) is 25.7. The maximum Gasteiger partial charge on any atom is 0.323 e. The molecule has 1 atom stereocenters. The van der Waals surface area contributed by atoms with Crippen LogP contribution in [-0.2, 0) is 35.3 Å². The second-order valence-electron chi connectivity index (χ2n) is 9.92. The van der Waals surface area contributed by atoms with Gasteiger partial charge in [-0.3, -0.25) is 9.59 Å². The van der Waals surface area contributed by atoms with Crippen molar-refractivity contribution in [3.05, 3.63) is 99.6 Å². The molecule has 1 heterocycles. The van der Waals surface area contributed by atoms with Gasteiger partial charge in [0.05, 0.1) is 0 Å². The van der Waals surface area contributed by atoms with Gasteiger partial charge in [0.15, 0.2) is 0 Å². The molecule has 0 saturated carbocycles. The van der Waals surface area contributed by atoms with Gasteiger partial charge in [-0.05, 0) is 67.1 Å². The molecule has 0 bridgehead atoms. The van der Waals surface area contributed by atoms with Crippen LogP contribution in [0.4, 0.5) is 0 Å². The molecule has 0 unspecified atom stereocenters. The summed E-state index contributed by atoms with van der Waals surface area (Å²) in [7, 11) is 0. The molecular formula is C30H32ClNO4. The number of ether oxygens (including phenoxy) is 1. The minimum absolute atomic E-state index is 0.144. The molecule has 6 heteroatoms. The Morgan fingerprint density at radius 2 is 1.72 bits per heavy atom. The van der Waals surface area contributed by atoms with Crippen LogP contribution in [0.5, 0.6) is 5.75 Å². The fourth-order valence-electron chi connectivity index (χ4n) is 4.86. The van der Waals surface area contributed by atoms with Crippen LogP contribution < -0.4 is 4.74 Å². The predicted molar refractivity (Wildman–Crippen MR) is 142 cm³/mol. The molecule has 3 aromatic carbocycles. The molecule has 0 radical (unpaired) electrons. The highest BCUT2D eigenvalue weighted by molar-refractivity contribution is 6.30. The van der Waals surface area contributed by atoms with Gasteiger partial charge in [-0.15, -0.1) is 0 Å². The lowest BCUT2D eigenvalue weighted by atomic mass is 9.91. The number of carboxylic acids is 1. The molecule has 5 nitrogen and oxygen atoms in total. The normalized spacial score (nSPS) is 16.3. The summed E-state index contributed by atoms with van der Waals surface area (Å²) in [6.07, 6.45) is 3.01. The maximum absolute atomic E-state index is 12.9. The van der Waals surface area contributed by atoms with E-state index in [2.05, 4.69) is 19.1 Å². The van der Waals surface area contributed by atoms with Crippen molar-refractivity contribution in [2.75, 3.05) is 13.1 Å². The van der Waals surface area contributed by atoms with E-state index in [1.807, 2.05) is 61.5 Å². The van der Waals surface area contributed by atoms with E-state index in [-0.39, 0.29) is 24.5 Å². The lowest BCUT2D eigenvalue weighted by Crippen LogP contribution is -2.37. The molecule has 0 saturated heterocycles. The topological polar surface area (TPSA) is 66.8 Å². The largest absolute Gasteiger partial charge is 0.487 e. The molecule has 0 aromatic heterocycles. The van der Waals surface area contributed by atoms with E-state index < -0.39 is 5.97 Å². The zero-order valence-corrected chi connectivity index (χ0v) is 21.6. The Morgan fingerprint density at radius 1 is 1.00 bits per heavy atom. The van der Waals surface area contributed by atoms with Crippen molar-refractivity contribution in [3.8, 4) is 5.75 Å². The summed E-state index contributed by atoms with van der Waals surface area (Å²) in [6, 6.07) is 22.0. The van der Waals surface area contributed by atoms with Crippen LogP contribution >= 0.6 is 11.6 Å². The van der Waals surface area contributed by atoms with Crippen molar-refractivity contribution in [3.63, 3.8) is 0 Å². The molecule has 0 aliphatic carbocycles. The summed E-state index contributed by atoms with van der Waals surface area (Å²) in [5, 5.41) is 10.0. The van der Waals surface area contributed by atoms with Crippen LogP contribution in [0.2, 0.25) is 5.02 Å². The van der Waals surface area contributed by atoms with E-state index in [0.717, 1.165) is 45.9 Å². The first-order valence-electron chi connectivity index (χ1n) is 12.3. The monoisotopic (exact) mass is 505 g/mol. The van der Waals surface area contributed by atoms with Crippen LogP contribution in [0.15, 0.2) is 66.7 Å². The number of benzene rings is 3. The van der Waals surface area contributed by atoms with Crippen LogP contribution in [-0.4, -0.2) is 40.6 Å². The third kappa shape index (κ3) is 6.88. The molecule has 188 valence electrons. The van der Waals surface area contributed by atoms with Crippen LogP contribution in [0.1, 0.15) is 41.2 Å². The van der Waals surface area contributed by atoms with Gasteiger partial charge in [0.25, 0.3) is 0 Å². The molecule has 1 aliphatic heterocycles. The number of aryl methyl sites for hydroxylation is 2. The molecule has 0 fully saturated rings. The fraction of sp³-hybridized carbons (Fsp3) is 0.333. The van der Waals surface area contributed by atoms with Gasteiger partial charge in [0, 0.05) is 30.8 Å². The van der Waals surface area contributed by atoms with Gasteiger partial charge in [-0.2, -0.15) is 0 Å². The second kappa shape index (κ2) is 11.2. The zero-order valence-electron chi connectivity index (χ0n) is 20.8. The number of nitrogens with zero attached hydrogens (tertiary/aromatic N) is 1. The van der Waals surface area contributed by atoms with Crippen molar-refractivity contribution in [1.82, 2.24) is 4.90 Å². The van der Waals surface area contributed by atoms with Crippen molar-refractivity contribution < 1.29 is 19.4 Å². The summed E-state index contributed by atoms with van der Waals surface area (Å²) in [5.74, 6) is -0.260. The molecule has 4 rings (SSSR count). The first-order valence-corrected chi connectivity index (χ1v) is 12.7. The Morgan fingerprint density at radius 3 is 2.44 bits per heavy atom. The van der Waals surface area contributed by atoms with Gasteiger partial charge in [-0.25, -0.2) is 0 Å². The summed E-state index contributed by atoms with van der Waals surface area (Å²) < 4.78 is 6.30. The van der Waals surface area contributed by atoms with Crippen molar-refractivity contribution in [2.45, 2.75) is 51.6 Å². The number of fused-ring (bicyclic) bond motifs is 1. The van der Waals surface area contributed by atoms with E-state index in [9.17, 15) is 14.7 Å². The Hall–Kier alpha value is -3.31. The van der Waals surface area contributed by atoms with Gasteiger partial charge in [0.2, 0.25) is 5.91 Å². The number of amides is 1. The molecule has 3 aromatic rings. The third-order valence-corrected chi connectivity index (χ3v) is 6.85. The standard InChI is InChI=1S/C30H32ClNO4/c1-21-4-3-5-22(16-21)14-15-32(20-29(34)35)28(33)13-9-23-8-12-27-25(17-23)19-30(2,36-27)18-24-6-10-26(31)11-7-24/h3-8,10-12,16-17H,9,13-15,18-20H2,1-2H3,(H,34,35)/t30-/m0/s1.